The molecular formula is C12H18N2O. The van der Waals surface area contributed by atoms with Crippen molar-refractivity contribution >= 4 is 11.6 Å². The van der Waals surface area contributed by atoms with Crippen molar-refractivity contribution in [1.82, 2.24) is 0 Å². The second kappa shape index (κ2) is 4.94. The zero-order chi connectivity index (χ0) is 11.4. The third-order valence-electron chi connectivity index (χ3n) is 2.35. The Balaban J connectivity index is 2.97. The van der Waals surface area contributed by atoms with Crippen LogP contribution in [0.5, 0.6) is 0 Å². The predicted octanol–water partition coefficient (Wildman–Crippen LogP) is 2.05. The number of nitrogens with two attached hydrogens (primary N) is 1. The van der Waals surface area contributed by atoms with Crippen molar-refractivity contribution in [2.45, 2.75) is 27.3 Å². The maximum absolute atomic E-state index is 11.6. The summed E-state index contributed by atoms with van der Waals surface area (Å²) in [7, 11) is 0. The van der Waals surface area contributed by atoms with E-state index in [1.807, 2.05) is 39.0 Å². The summed E-state index contributed by atoms with van der Waals surface area (Å²) in [6, 6.07) is 5.85. The fourth-order valence-electron chi connectivity index (χ4n) is 1.35. The summed E-state index contributed by atoms with van der Waals surface area (Å²) in [4.78, 5) is 11.6. The quantitative estimate of drug-likeness (QED) is 0.795. The molecule has 0 spiro atoms. The van der Waals surface area contributed by atoms with Gasteiger partial charge in [0.15, 0.2) is 0 Å². The van der Waals surface area contributed by atoms with Crippen molar-refractivity contribution in [3.05, 3.63) is 29.3 Å². The molecule has 0 unspecified atom stereocenters. The largest absolute Gasteiger partial charge is 0.326 e. The van der Waals surface area contributed by atoms with Gasteiger partial charge < -0.3 is 11.1 Å². The summed E-state index contributed by atoms with van der Waals surface area (Å²) < 4.78 is 0. The Morgan fingerprint density at radius 1 is 1.47 bits per heavy atom. The second-order valence-electron chi connectivity index (χ2n) is 3.96. The lowest BCUT2D eigenvalue weighted by Gasteiger charge is -2.14. The first kappa shape index (κ1) is 11.7. The van der Waals surface area contributed by atoms with E-state index in [0.717, 1.165) is 16.8 Å². The van der Waals surface area contributed by atoms with Gasteiger partial charge in [-0.2, -0.15) is 0 Å². The van der Waals surface area contributed by atoms with E-state index in [9.17, 15) is 4.79 Å². The van der Waals surface area contributed by atoms with Crippen molar-refractivity contribution in [1.29, 1.82) is 0 Å². The lowest BCUT2D eigenvalue weighted by atomic mass is 10.1. The molecule has 15 heavy (non-hydrogen) atoms. The van der Waals surface area contributed by atoms with Crippen LogP contribution in [0.2, 0.25) is 0 Å². The number of amides is 1. The molecule has 0 atom stereocenters. The molecule has 0 aliphatic carbocycles. The number of anilines is 1. The van der Waals surface area contributed by atoms with E-state index in [1.165, 1.54) is 0 Å². The van der Waals surface area contributed by atoms with Crippen molar-refractivity contribution < 1.29 is 4.79 Å². The van der Waals surface area contributed by atoms with Crippen LogP contribution in [0.4, 0.5) is 5.69 Å². The molecule has 0 saturated carbocycles. The number of nitrogens with one attached hydrogen (secondary N) is 1. The van der Waals surface area contributed by atoms with Crippen LogP contribution in [0, 0.1) is 12.8 Å². The van der Waals surface area contributed by atoms with Gasteiger partial charge in [0, 0.05) is 18.2 Å². The van der Waals surface area contributed by atoms with Crippen molar-refractivity contribution in [3.8, 4) is 0 Å². The summed E-state index contributed by atoms with van der Waals surface area (Å²) in [5.41, 5.74) is 8.50. The number of hydrogen-bond acceptors (Lipinski definition) is 2. The molecule has 1 rings (SSSR count). The summed E-state index contributed by atoms with van der Waals surface area (Å²) in [6.07, 6.45) is 0. The first-order valence-electron chi connectivity index (χ1n) is 5.15. The molecule has 1 aromatic rings. The Morgan fingerprint density at radius 3 is 2.67 bits per heavy atom. The molecule has 0 aromatic heterocycles. The molecule has 0 fully saturated rings. The topological polar surface area (TPSA) is 55.1 Å². The van der Waals surface area contributed by atoms with Gasteiger partial charge in [0.25, 0.3) is 0 Å². The van der Waals surface area contributed by atoms with E-state index >= 15 is 0 Å². The summed E-state index contributed by atoms with van der Waals surface area (Å²) in [5, 5.41) is 2.91. The zero-order valence-corrected chi connectivity index (χ0v) is 9.50. The smallest absolute Gasteiger partial charge is 0.226 e. The van der Waals surface area contributed by atoms with Gasteiger partial charge in [-0.3, -0.25) is 4.79 Å². The van der Waals surface area contributed by atoms with Crippen LogP contribution in [0.25, 0.3) is 0 Å². The molecule has 1 amide bonds. The molecule has 3 N–H and O–H groups in total. The Morgan fingerprint density at radius 2 is 2.13 bits per heavy atom. The average Bonchev–Trinajstić information content (AvgIpc) is 2.20. The van der Waals surface area contributed by atoms with Crippen molar-refractivity contribution in [2.24, 2.45) is 11.7 Å². The monoisotopic (exact) mass is 206 g/mol. The van der Waals surface area contributed by atoms with Gasteiger partial charge in [-0.1, -0.05) is 32.0 Å². The minimum Gasteiger partial charge on any atom is -0.326 e. The number of hydrogen-bond donors (Lipinski definition) is 2. The molecular weight excluding hydrogens is 188 g/mol. The normalized spacial score (nSPS) is 10.5. The first-order valence-corrected chi connectivity index (χ1v) is 5.15. The van der Waals surface area contributed by atoms with E-state index in [2.05, 4.69) is 5.32 Å². The van der Waals surface area contributed by atoms with Gasteiger partial charge >= 0.3 is 0 Å². The van der Waals surface area contributed by atoms with Gasteiger partial charge in [-0.05, 0) is 18.1 Å². The van der Waals surface area contributed by atoms with E-state index in [4.69, 9.17) is 5.73 Å². The number of para-hydroxylation sites is 1. The molecule has 0 heterocycles. The van der Waals surface area contributed by atoms with Gasteiger partial charge in [0.1, 0.15) is 0 Å². The molecule has 1 aromatic carbocycles. The van der Waals surface area contributed by atoms with Crippen LogP contribution in [-0.2, 0) is 11.3 Å². The molecule has 0 aliphatic heterocycles. The molecule has 82 valence electrons. The molecule has 0 radical (unpaired) electrons. The fourth-order valence-corrected chi connectivity index (χ4v) is 1.35. The van der Waals surface area contributed by atoms with Crippen LogP contribution < -0.4 is 11.1 Å². The Hall–Kier alpha value is -1.35. The zero-order valence-electron chi connectivity index (χ0n) is 9.50. The molecule has 0 bridgehead atoms. The average molecular weight is 206 g/mol. The maximum atomic E-state index is 11.6. The third-order valence-corrected chi connectivity index (χ3v) is 2.35. The molecule has 3 heteroatoms. The number of rotatable bonds is 3. The maximum Gasteiger partial charge on any atom is 0.226 e. The standard InChI is InChI=1S/C12H18N2O/c1-8(2)12(15)14-11-9(3)5-4-6-10(11)7-13/h4-6,8H,7,13H2,1-3H3,(H,14,15). The lowest BCUT2D eigenvalue weighted by molar-refractivity contribution is -0.118. The summed E-state index contributed by atoms with van der Waals surface area (Å²) in [5.74, 6) is 0.00855. The third kappa shape index (κ3) is 2.80. The van der Waals surface area contributed by atoms with Crippen LogP contribution in [-0.4, -0.2) is 5.91 Å². The molecule has 0 aliphatic rings. The number of carbonyl (C=O) groups excluding carboxylic acids is 1. The minimum atomic E-state index is -0.0183. The second-order valence-corrected chi connectivity index (χ2v) is 3.96. The summed E-state index contributed by atoms with van der Waals surface area (Å²) >= 11 is 0. The SMILES string of the molecule is Cc1cccc(CN)c1NC(=O)C(C)C. The Bertz CT molecular complexity index is 359. The van der Waals surface area contributed by atoms with Crippen LogP contribution in [0.1, 0.15) is 25.0 Å². The summed E-state index contributed by atoms with van der Waals surface area (Å²) in [6.45, 7) is 6.15. The lowest BCUT2D eigenvalue weighted by Crippen LogP contribution is -2.20. The Labute approximate surface area is 90.7 Å². The highest BCUT2D eigenvalue weighted by atomic mass is 16.1. The molecule has 0 saturated heterocycles. The number of carbonyl (C=O) groups is 1. The van der Waals surface area contributed by atoms with E-state index in [-0.39, 0.29) is 11.8 Å². The molecule has 3 nitrogen and oxygen atoms in total. The minimum absolute atomic E-state index is 0.0183. The Kier molecular flexibility index (Phi) is 3.86. The highest BCUT2D eigenvalue weighted by Gasteiger charge is 2.11. The van der Waals surface area contributed by atoms with Gasteiger partial charge in [-0.15, -0.1) is 0 Å². The van der Waals surface area contributed by atoms with Gasteiger partial charge in [0.05, 0.1) is 0 Å². The predicted molar refractivity (Wildman–Crippen MR) is 62.5 cm³/mol. The van der Waals surface area contributed by atoms with Gasteiger partial charge in [-0.25, -0.2) is 0 Å². The first-order chi connectivity index (χ1) is 7.06. The highest BCUT2D eigenvalue weighted by molar-refractivity contribution is 5.93. The number of aryl methyl sites for hydroxylation is 1. The van der Waals surface area contributed by atoms with Crippen LogP contribution >= 0.6 is 0 Å². The number of benzene rings is 1. The van der Waals surface area contributed by atoms with E-state index < -0.39 is 0 Å². The van der Waals surface area contributed by atoms with Crippen LogP contribution in [0.15, 0.2) is 18.2 Å². The van der Waals surface area contributed by atoms with E-state index in [1.54, 1.807) is 0 Å². The van der Waals surface area contributed by atoms with Gasteiger partial charge in [0.2, 0.25) is 5.91 Å². The van der Waals surface area contributed by atoms with Crippen molar-refractivity contribution in [2.75, 3.05) is 5.32 Å². The van der Waals surface area contributed by atoms with E-state index in [0.29, 0.717) is 6.54 Å². The highest BCUT2D eigenvalue weighted by Crippen LogP contribution is 2.20. The fraction of sp³-hybridized carbons (Fsp3) is 0.417. The van der Waals surface area contributed by atoms with Crippen LogP contribution in [0.3, 0.4) is 0 Å². The van der Waals surface area contributed by atoms with Crippen molar-refractivity contribution in [3.63, 3.8) is 0 Å².